The monoisotopic (exact) mass is 350 g/mol. The summed E-state index contributed by atoms with van der Waals surface area (Å²) < 4.78 is 10.5. The molecule has 0 unspecified atom stereocenters. The van der Waals surface area contributed by atoms with Gasteiger partial charge in [0.25, 0.3) is 0 Å². The van der Waals surface area contributed by atoms with Crippen LogP contribution in [-0.2, 0) is 19.1 Å². The van der Waals surface area contributed by atoms with Gasteiger partial charge < -0.3 is 9.47 Å². The SMILES string of the molecule is CC(C)(COC(=O)C=Cc1ccccc1)OC(=O)C=Cc1ccccc1. The van der Waals surface area contributed by atoms with Gasteiger partial charge in [-0.25, -0.2) is 9.59 Å². The first kappa shape index (κ1) is 19.2. The fraction of sp³-hybridized carbons (Fsp3) is 0.182. The van der Waals surface area contributed by atoms with Gasteiger partial charge >= 0.3 is 11.9 Å². The molecule has 0 fully saturated rings. The fourth-order valence-corrected chi connectivity index (χ4v) is 2.09. The van der Waals surface area contributed by atoms with E-state index in [2.05, 4.69) is 0 Å². The number of carbonyl (C=O) groups excluding carboxylic acids is 2. The topological polar surface area (TPSA) is 52.6 Å². The number of benzene rings is 2. The molecule has 2 rings (SSSR count). The third-order valence-corrected chi connectivity index (χ3v) is 3.36. The molecule has 2 aromatic carbocycles. The molecule has 0 bridgehead atoms. The minimum Gasteiger partial charge on any atom is -0.458 e. The van der Waals surface area contributed by atoms with Crippen LogP contribution in [0.3, 0.4) is 0 Å². The van der Waals surface area contributed by atoms with E-state index in [1.807, 2.05) is 60.7 Å². The highest BCUT2D eigenvalue weighted by Crippen LogP contribution is 2.12. The average Bonchev–Trinajstić information content (AvgIpc) is 2.64. The molecule has 0 heterocycles. The Labute approximate surface area is 153 Å². The zero-order chi connectivity index (χ0) is 18.8. The molecular weight excluding hydrogens is 328 g/mol. The number of rotatable bonds is 7. The minimum absolute atomic E-state index is 0.0319. The van der Waals surface area contributed by atoms with Gasteiger partial charge in [-0.1, -0.05) is 60.7 Å². The molecule has 0 aliphatic rings. The first-order valence-electron chi connectivity index (χ1n) is 8.31. The van der Waals surface area contributed by atoms with Crippen molar-refractivity contribution in [3.05, 3.63) is 83.9 Å². The summed E-state index contributed by atoms with van der Waals surface area (Å²) >= 11 is 0. The highest BCUT2D eigenvalue weighted by Gasteiger charge is 2.23. The quantitative estimate of drug-likeness (QED) is 0.552. The van der Waals surface area contributed by atoms with Gasteiger partial charge in [0.2, 0.25) is 0 Å². The van der Waals surface area contributed by atoms with E-state index in [-0.39, 0.29) is 6.61 Å². The van der Waals surface area contributed by atoms with E-state index in [4.69, 9.17) is 9.47 Å². The molecule has 0 aliphatic heterocycles. The van der Waals surface area contributed by atoms with Crippen LogP contribution in [-0.4, -0.2) is 24.1 Å². The highest BCUT2D eigenvalue weighted by atomic mass is 16.6. The number of carbonyl (C=O) groups is 2. The van der Waals surface area contributed by atoms with Gasteiger partial charge in [-0.15, -0.1) is 0 Å². The second kappa shape index (κ2) is 9.37. The van der Waals surface area contributed by atoms with Crippen molar-refractivity contribution < 1.29 is 19.1 Å². The molecule has 0 N–H and O–H groups in total. The van der Waals surface area contributed by atoms with Crippen molar-refractivity contribution in [1.29, 1.82) is 0 Å². The molecule has 0 amide bonds. The average molecular weight is 350 g/mol. The van der Waals surface area contributed by atoms with Crippen LogP contribution >= 0.6 is 0 Å². The maximum absolute atomic E-state index is 11.9. The third-order valence-electron chi connectivity index (χ3n) is 3.36. The Morgan fingerprint density at radius 1 is 0.808 bits per heavy atom. The number of hydrogen-bond acceptors (Lipinski definition) is 4. The standard InChI is InChI=1S/C22H22O4/c1-22(2,26-21(24)16-14-19-11-7-4-8-12-19)17-25-20(23)15-13-18-9-5-3-6-10-18/h3-16H,17H2,1-2H3. The molecule has 0 aromatic heterocycles. The summed E-state index contributed by atoms with van der Waals surface area (Å²) in [4.78, 5) is 23.7. The van der Waals surface area contributed by atoms with Crippen molar-refractivity contribution in [3.8, 4) is 0 Å². The molecule has 0 saturated carbocycles. The number of esters is 2. The molecule has 0 aliphatic carbocycles. The van der Waals surface area contributed by atoms with Crippen molar-refractivity contribution >= 4 is 24.1 Å². The van der Waals surface area contributed by atoms with E-state index in [1.54, 1.807) is 26.0 Å². The van der Waals surface area contributed by atoms with Crippen LogP contribution in [0.1, 0.15) is 25.0 Å². The van der Waals surface area contributed by atoms with E-state index in [9.17, 15) is 9.59 Å². The van der Waals surface area contributed by atoms with Crippen molar-refractivity contribution in [1.82, 2.24) is 0 Å². The Hall–Kier alpha value is -3.14. The van der Waals surface area contributed by atoms with Crippen molar-refractivity contribution in [2.45, 2.75) is 19.4 Å². The van der Waals surface area contributed by atoms with Crippen LogP contribution in [0.25, 0.3) is 12.2 Å². The van der Waals surface area contributed by atoms with Crippen LogP contribution in [0.2, 0.25) is 0 Å². The molecule has 0 saturated heterocycles. The van der Waals surface area contributed by atoms with Crippen molar-refractivity contribution in [2.24, 2.45) is 0 Å². The highest BCUT2D eigenvalue weighted by molar-refractivity contribution is 5.88. The number of ether oxygens (including phenoxy) is 2. The van der Waals surface area contributed by atoms with Gasteiger partial charge in [-0.3, -0.25) is 0 Å². The molecule has 26 heavy (non-hydrogen) atoms. The van der Waals surface area contributed by atoms with Crippen LogP contribution in [0.4, 0.5) is 0 Å². The lowest BCUT2D eigenvalue weighted by atomic mass is 10.1. The summed E-state index contributed by atoms with van der Waals surface area (Å²) in [6, 6.07) is 18.9. The van der Waals surface area contributed by atoms with Gasteiger partial charge in [0.05, 0.1) is 0 Å². The Morgan fingerprint density at radius 3 is 1.77 bits per heavy atom. The zero-order valence-electron chi connectivity index (χ0n) is 14.9. The zero-order valence-corrected chi connectivity index (χ0v) is 14.9. The maximum Gasteiger partial charge on any atom is 0.331 e. The van der Waals surface area contributed by atoms with Gasteiger partial charge in [0, 0.05) is 12.2 Å². The van der Waals surface area contributed by atoms with Gasteiger partial charge in [-0.2, -0.15) is 0 Å². The fourth-order valence-electron chi connectivity index (χ4n) is 2.09. The van der Waals surface area contributed by atoms with E-state index in [0.717, 1.165) is 11.1 Å². The lowest BCUT2D eigenvalue weighted by Gasteiger charge is -2.23. The third kappa shape index (κ3) is 7.18. The second-order valence-electron chi connectivity index (χ2n) is 6.28. The minimum atomic E-state index is -0.922. The van der Waals surface area contributed by atoms with Crippen LogP contribution in [0.15, 0.2) is 72.8 Å². The molecule has 2 aromatic rings. The summed E-state index contributed by atoms with van der Waals surface area (Å²) in [6.45, 7) is 3.35. The maximum atomic E-state index is 11.9. The molecule has 0 radical (unpaired) electrons. The molecule has 0 spiro atoms. The smallest absolute Gasteiger partial charge is 0.331 e. The summed E-state index contributed by atoms with van der Waals surface area (Å²) in [5, 5.41) is 0. The first-order valence-corrected chi connectivity index (χ1v) is 8.31. The summed E-state index contributed by atoms with van der Waals surface area (Å²) in [7, 11) is 0. The van der Waals surface area contributed by atoms with Gasteiger partial charge in [-0.05, 0) is 37.1 Å². The predicted molar refractivity (Wildman–Crippen MR) is 102 cm³/mol. The van der Waals surface area contributed by atoms with Crippen LogP contribution in [0, 0.1) is 0 Å². The summed E-state index contributed by atoms with van der Waals surface area (Å²) in [6.07, 6.45) is 6.05. The summed E-state index contributed by atoms with van der Waals surface area (Å²) in [5.74, 6) is -0.979. The lowest BCUT2D eigenvalue weighted by molar-refractivity contribution is -0.161. The van der Waals surface area contributed by atoms with Crippen molar-refractivity contribution in [3.63, 3.8) is 0 Å². The summed E-state index contributed by atoms with van der Waals surface area (Å²) in [5.41, 5.74) is 0.884. The largest absolute Gasteiger partial charge is 0.458 e. The Morgan fingerprint density at radius 2 is 1.27 bits per heavy atom. The van der Waals surface area contributed by atoms with E-state index in [0.29, 0.717) is 0 Å². The molecule has 4 heteroatoms. The van der Waals surface area contributed by atoms with Gasteiger partial charge in [0.15, 0.2) is 0 Å². The van der Waals surface area contributed by atoms with E-state index in [1.165, 1.54) is 12.2 Å². The Balaban J connectivity index is 1.80. The Kier molecular flexibility index (Phi) is 6.92. The second-order valence-corrected chi connectivity index (χ2v) is 6.28. The van der Waals surface area contributed by atoms with Crippen LogP contribution < -0.4 is 0 Å². The van der Waals surface area contributed by atoms with E-state index < -0.39 is 17.5 Å². The van der Waals surface area contributed by atoms with Crippen LogP contribution in [0.5, 0.6) is 0 Å². The van der Waals surface area contributed by atoms with E-state index >= 15 is 0 Å². The lowest BCUT2D eigenvalue weighted by Crippen LogP contribution is -2.33. The normalized spacial score (nSPS) is 11.6. The first-order chi connectivity index (χ1) is 12.4. The Bertz CT molecular complexity index is 774. The van der Waals surface area contributed by atoms with Crippen molar-refractivity contribution in [2.75, 3.05) is 6.61 Å². The van der Waals surface area contributed by atoms with Gasteiger partial charge in [0.1, 0.15) is 12.2 Å². The molecule has 4 nitrogen and oxygen atoms in total. The number of hydrogen-bond donors (Lipinski definition) is 0. The molecule has 134 valence electrons. The predicted octanol–water partition coefficient (Wildman–Crippen LogP) is 4.28. The molecule has 0 atom stereocenters. The molecular formula is C22H22O4.